The largest absolute Gasteiger partial charge is 0.480 e. The first-order chi connectivity index (χ1) is 10.9. The fraction of sp³-hybridized carbons (Fsp3) is 0.222. The van der Waals surface area contributed by atoms with Gasteiger partial charge in [-0.25, -0.2) is 4.39 Å². The molecular formula is C18H18FNO3. The van der Waals surface area contributed by atoms with Crippen LogP contribution in [0.3, 0.4) is 0 Å². The van der Waals surface area contributed by atoms with Gasteiger partial charge in [-0.05, 0) is 31.0 Å². The highest BCUT2D eigenvalue weighted by Crippen LogP contribution is 2.26. The normalized spacial score (nSPS) is 13.2. The number of carboxylic acids is 1. The maximum atomic E-state index is 14.3. The molecule has 0 aliphatic rings. The third-order valence-electron chi connectivity index (χ3n) is 3.70. The van der Waals surface area contributed by atoms with Gasteiger partial charge in [-0.3, -0.25) is 9.59 Å². The van der Waals surface area contributed by atoms with E-state index < -0.39 is 29.7 Å². The molecule has 0 saturated carbocycles. The fourth-order valence-corrected chi connectivity index (χ4v) is 2.20. The number of nitrogens with one attached hydrogen (secondary N) is 1. The summed E-state index contributed by atoms with van der Waals surface area (Å²) in [5.74, 6) is -2.63. The maximum Gasteiger partial charge on any atom is 0.325 e. The molecule has 0 radical (unpaired) electrons. The van der Waals surface area contributed by atoms with Gasteiger partial charge < -0.3 is 10.4 Å². The smallest absolute Gasteiger partial charge is 0.325 e. The second-order valence-electron chi connectivity index (χ2n) is 5.40. The lowest BCUT2D eigenvalue weighted by Crippen LogP contribution is -2.40. The first-order valence-electron chi connectivity index (χ1n) is 7.28. The van der Waals surface area contributed by atoms with E-state index >= 15 is 0 Å². The zero-order valence-electron chi connectivity index (χ0n) is 12.9. The maximum absolute atomic E-state index is 14.3. The molecule has 0 saturated heterocycles. The first kappa shape index (κ1) is 16.7. The second kappa shape index (κ2) is 7.05. The summed E-state index contributed by atoms with van der Waals surface area (Å²) in [6.07, 6.45) is 0. The van der Waals surface area contributed by atoms with Crippen LogP contribution in [0.15, 0.2) is 48.5 Å². The van der Waals surface area contributed by atoms with Crippen molar-refractivity contribution in [1.29, 1.82) is 0 Å². The summed E-state index contributed by atoms with van der Waals surface area (Å²) < 4.78 is 14.3. The summed E-state index contributed by atoms with van der Waals surface area (Å²) in [6, 6.07) is 12.8. The van der Waals surface area contributed by atoms with Crippen molar-refractivity contribution in [3.05, 3.63) is 59.9 Å². The van der Waals surface area contributed by atoms with E-state index in [4.69, 9.17) is 5.11 Å². The highest BCUT2D eigenvalue weighted by Gasteiger charge is 2.21. The first-order valence-corrected chi connectivity index (χ1v) is 7.28. The zero-order valence-corrected chi connectivity index (χ0v) is 12.9. The van der Waals surface area contributed by atoms with Crippen molar-refractivity contribution in [1.82, 2.24) is 5.32 Å². The monoisotopic (exact) mass is 315 g/mol. The van der Waals surface area contributed by atoms with Crippen LogP contribution in [-0.2, 0) is 9.59 Å². The molecular weight excluding hydrogens is 297 g/mol. The highest BCUT2D eigenvalue weighted by molar-refractivity contribution is 5.87. The van der Waals surface area contributed by atoms with Crippen molar-refractivity contribution >= 4 is 11.9 Å². The number of rotatable bonds is 5. The molecule has 0 bridgehead atoms. The Kier molecular flexibility index (Phi) is 5.11. The van der Waals surface area contributed by atoms with Crippen LogP contribution >= 0.6 is 0 Å². The van der Waals surface area contributed by atoms with Gasteiger partial charge in [-0.1, -0.05) is 42.5 Å². The minimum absolute atomic E-state index is 0.417. The molecule has 2 aromatic rings. The lowest BCUT2D eigenvalue weighted by Gasteiger charge is -2.16. The lowest BCUT2D eigenvalue weighted by molar-refractivity contribution is -0.141. The Morgan fingerprint density at radius 3 is 2.30 bits per heavy atom. The number of hydrogen-bond acceptors (Lipinski definition) is 2. The number of hydrogen-bond donors (Lipinski definition) is 2. The Morgan fingerprint density at radius 1 is 1.09 bits per heavy atom. The summed E-state index contributed by atoms with van der Waals surface area (Å²) in [7, 11) is 0. The molecule has 0 heterocycles. The van der Waals surface area contributed by atoms with E-state index in [1.54, 1.807) is 19.1 Å². The summed E-state index contributed by atoms with van der Waals surface area (Å²) in [5.41, 5.74) is 1.71. The van der Waals surface area contributed by atoms with Crippen LogP contribution in [0.4, 0.5) is 4.39 Å². The molecule has 0 fully saturated rings. The molecule has 0 aliphatic carbocycles. The quantitative estimate of drug-likeness (QED) is 0.890. The van der Waals surface area contributed by atoms with Gasteiger partial charge in [0.25, 0.3) is 0 Å². The van der Waals surface area contributed by atoms with Crippen molar-refractivity contribution in [2.75, 3.05) is 0 Å². The van der Waals surface area contributed by atoms with Gasteiger partial charge in [0, 0.05) is 5.56 Å². The van der Waals surface area contributed by atoms with Crippen LogP contribution in [0, 0.1) is 5.82 Å². The third-order valence-corrected chi connectivity index (χ3v) is 3.70. The van der Waals surface area contributed by atoms with Crippen LogP contribution in [0.5, 0.6) is 0 Å². The Hall–Kier alpha value is -2.69. The number of aliphatic carboxylic acids is 1. The van der Waals surface area contributed by atoms with Crippen molar-refractivity contribution in [2.24, 2.45) is 0 Å². The van der Waals surface area contributed by atoms with Crippen molar-refractivity contribution in [3.63, 3.8) is 0 Å². The zero-order chi connectivity index (χ0) is 17.0. The minimum Gasteiger partial charge on any atom is -0.480 e. The molecule has 0 spiro atoms. The number of benzene rings is 2. The number of halogens is 1. The molecule has 4 nitrogen and oxygen atoms in total. The predicted octanol–water partition coefficient (Wildman–Crippen LogP) is 3.19. The summed E-state index contributed by atoms with van der Waals surface area (Å²) >= 11 is 0. The van der Waals surface area contributed by atoms with Gasteiger partial charge in [0.1, 0.15) is 11.9 Å². The van der Waals surface area contributed by atoms with E-state index in [-0.39, 0.29) is 0 Å². The molecule has 1 amide bonds. The van der Waals surface area contributed by atoms with Crippen LogP contribution in [-0.4, -0.2) is 23.0 Å². The van der Waals surface area contributed by atoms with Gasteiger partial charge in [0.2, 0.25) is 5.91 Å². The number of carboxylic acid groups (broad SMARTS) is 1. The second-order valence-corrected chi connectivity index (χ2v) is 5.40. The lowest BCUT2D eigenvalue weighted by atomic mass is 9.96. The topological polar surface area (TPSA) is 66.4 Å². The Morgan fingerprint density at radius 2 is 1.74 bits per heavy atom. The Balaban J connectivity index is 2.20. The summed E-state index contributed by atoms with van der Waals surface area (Å²) in [5, 5.41) is 11.2. The molecule has 2 unspecified atom stereocenters. The van der Waals surface area contributed by atoms with Gasteiger partial charge in [0.05, 0.1) is 5.92 Å². The fourth-order valence-electron chi connectivity index (χ4n) is 2.20. The van der Waals surface area contributed by atoms with Gasteiger partial charge >= 0.3 is 5.97 Å². The third kappa shape index (κ3) is 3.94. The molecule has 0 aromatic heterocycles. The molecule has 2 aromatic carbocycles. The van der Waals surface area contributed by atoms with Crippen molar-refractivity contribution < 1.29 is 19.1 Å². The molecule has 2 atom stereocenters. The van der Waals surface area contributed by atoms with E-state index in [0.717, 1.165) is 5.56 Å². The standard InChI is InChI=1S/C18H18FNO3/c1-11(17(21)20-12(2)18(22)23)14-8-9-15(16(19)10-14)13-6-4-3-5-7-13/h3-12H,1-2H3,(H,20,21)(H,22,23). The van der Waals surface area contributed by atoms with Crippen LogP contribution in [0.25, 0.3) is 11.1 Å². The van der Waals surface area contributed by atoms with Crippen molar-refractivity contribution in [2.45, 2.75) is 25.8 Å². The average molecular weight is 315 g/mol. The molecule has 23 heavy (non-hydrogen) atoms. The highest BCUT2D eigenvalue weighted by atomic mass is 19.1. The van der Waals surface area contributed by atoms with E-state index in [1.807, 2.05) is 30.3 Å². The van der Waals surface area contributed by atoms with E-state index in [1.165, 1.54) is 13.0 Å². The molecule has 5 heteroatoms. The van der Waals surface area contributed by atoms with Crippen LogP contribution in [0.1, 0.15) is 25.3 Å². The Bertz CT molecular complexity index is 715. The van der Waals surface area contributed by atoms with Gasteiger partial charge in [-0.15, -0.1) is 0 Å². The molecule has 120 valence electrons. The van der Waals surface area contributed by atoms with Crippen molar-refractivity contribution in [3.8, 4) is 11.1 Å². The summed E-state index contributed by atoms with van der Waals surface area (Å²) in [4.78, 5) is 22.8. The SMILES string of the molecule is CC(NC(=O)C(C)c1ccc(-c2ccccc2)c(F)c1)C(=O)O. The molecule has 2 N–H and O–H groups in total. The molecule has 2 rings (SSSR count). The van der Waals surface area contributed by atoms with E-state index in [2.05, 4.69) is 5.32 Å². The van der Waals surface area contributed by atoms with Crippen LogP contribution in [0.2, 0.25) is 0 Å². The predicted molar refractivity (Wildman–Crippen MR) is 85.5 cm³/mol. The van der Waals surface area contributed by atoms with Gasteiger partial charge in [0.15, 0.2) is 0 Å². The number of carbonyl (C=O) groups is 2. The summed E-state index contributed by atoms with van der Waals surface area (Å²) in [6.45, 7) is 2.99. The average Bonchev–Trinajstić information content (AvgIpc) is 2.54. The van der Waals surface area contributed by atoms with E-state index in [9.17, 15) is 14.0 Å². The van der Waals surface area contributed by atoms with Gasteiger partial charge in [-0.2, -0.15) is 0 Å². The number of amides is 1. The van der Waals surface area contributed by atoms with E-state index in [0.29, 0.717) is 11.1 Å². The minimum atomic E-state index is -1.11. The number of carbonyl (C=O) groups excluding carboxylic acids is 1. The Labute approximate surface area is 134 Å². The molecule has 0 aliphatic heterocycles. The van der Waals surface area contributed by atoms with Crippen LogP contribution < -0.4 is 5.32 Å².